The van der Waals surface area contributed by atoms with Crippen molar-refractivity contribution in [1.29, 1.82) is 0 Å². The topological polar surface area (TPSA) is 92.8 Å². The number of esters is 1. The smallest absolute Gasteiger partial charge is 0.338 e. The van der Waals surface area contributed by atoms with Crippen LogP contribution in [0.1, 0.15) is 23.2 Å². The van der Waals surface area contributed by atoms with E-state index in [9.17, 15) is 23.6 Å². The zero-order valence-electron chi connectivity index (χ0n) is 17.2. The lowest BCUT2D eigenvalue weighted by Crippen LogP contribution is -2.34. The fraction of sp³-hybridized carbons (Fsp3) is 0.304. The SMILES string of the molecule is O=C(COC(=O)c1cccc(N2C(=O)[C@@H]3C[C@@H](Cl)[C@@H](Cl)C[C@H]3C2=O)c1)Nc1ccc(F)cc1. The van der Waals surface area contributed by atoms with Crippen molar-refractivity contribution in [2.24, 2.45) is 11.8 Å². The third-order valence-electron chi connectivity index (χ3n) is 5.71. The monoisotopic (exact) mass is 492 g/mol. The number of carbonyl (C=O) groups is 4. The first-order valence-corrected chi connectivity index (χ1v) is 11.1. The molecule has 1 saturated heterocycles. The molecule has 0 bridgehead atoms. The summed E-state index contributed by atoms with van der Waals surface area (Å²) in [6, 6.07) is 11.0. The Balaban J connectivity index is 1.41. The molecule has 172 valence electrons. The van der Waals surface area contributed by atoms with E-state index in [-0.39, 0.29) is 23.1 Å². The maximum absolute atomic E-state index is 12.9. The van der Waals surface area contributed by atoms with Gasteiger partial charge in [0.2, 0.25) is 11.8 Å². The van der Waals surface area contributed by atoms with Crippen LogP contribution in [0.15, 0.2) is 48.5 Å². The highest BCUT2D eigenvalue weighted by molar-refractivity contribution is 6.31. The second-order valence-corrected chi connectivity index (χ2v) is 9.03. The van der Waals surface area contributed by atoms with Crippen LogP contribution in [0.5, 0.6) is 0 Å². The van der Waals surface area contributed by atoms with Gasteiger partial charge in [-0.05, 0) is 55.3 Å². The van der Waals surface area contributed by atoms with Crippen molar-refractivity contribution < 1.29 is 28.3 Å². The summed E-state index contributed by atoms with van der Waals surface area (Å²) >= 11 is 12.4. The summed E-state index contributed by atoms with van der Waals surface area (Å²) in [6.45, 7) is -0.569. The molecule has 2 fully saturated rings. The van der Waals surface area contributed by atoms with E-state index in [1.165, 1.54) is 42.5 Å². The number of halogens is 3. The van der Waals surface area contributed by atoms with Crippen LogP contribution in [-0.2, 0) is 19.1 Å². The first-order chi connectivity index (χ1) is 15.7. The molecule has 33 heavy (non-hydrogen) atoms. The van der Waals surface area contributed by atoms with Gasteiger partial charge < -0.3 is 10.1 Å². The lowest BCUT2D eigenvalue weighted by molar-refractivity contribution is -0.122. The Morgan fingerprint density at radius 1 is 1.00 bits per heavy atom. The molecule has 2 aliphatic rings. The van der Waals surface area contributed by atoms with Gasteiger partial charge in [0.1, 0.15) is 5.82 Å². The number of fused-ring (bicyclic) bond motifs is 1. The van der Waals surface area contributed by atoms with E-state index in [2.05, 4.69) is 5.32 Å². The van der Waals surface area contributed by atoms with Crippen molar-refractivity contribution >= 4 is 58.3 Å². The summed E-state index contributed by atoms with van der Waals surface area (Å²) in [4.78, 5) is 51.3. The molecule has 2 aromatic rings. The summed E-state index contributed by atoms with van der Waals surface area (Å²) in [5.74, 6) is -3.68. The number of imide groups is 1. The third-order valence-corrected chi connectivity index (χ3v) is 6.81. The van der Waals surface area contributed by atoms with E-state index >= 15 is 0 Å². The molecule has 2 aromatic carbocycles. The normalized spacial score (nSPS) is 24.4. The van der Waals surface area contributed by atoms with Crippen LogP contribution in [0.2, 0.25) is 0 Å². The van der Waals surface area contributed by atoms with E-state index in [0.717, 1.165) is 4.90 Å². The minimum Gasteiger partial charge on any atom is -0.452 e. The Labute approximate surface area is 198 Å². The highest BCUT2D eigenvalue weighted by atomic mass is 35.5. The Bertz CT molecular complexity index is 1080. The van der Waals surface area contributed by atoms with Gasteiger partial charge in [0.05, 0.1) is 33.8 Å². The van der Waals surface area contributed by atoms with Gasteiger partial charge in [-0.25, -0.2) is 9.18 Å². The summed E-state index contributed by atoms with van der Waals surface area (Å²) in [5.41, 5.74) is 0.662. The minimum absolute atomic E-state index is 0.0722. The van der Waals surface area contributed by atoms with E-state index in [1.807, 2.05) is 0 Å². The van der Waals surface area contributed by atoms with Gasteiger partial charge in [-0.1, -0.05) is 6.07 Å². The zero-order valence-corrected chi connectivity index (χ0v) is 18.7. The lowest BCUT2D eigenvalue weighted by Gasteiger charge is -2.28. The standard InChI is InChI=1S/C23H19Cl2FN2O5/c24-18-9-16-17(10-19(18)25)22(31)28(21(16)30)15-3-1-2-12(8-15)23(32)33-11-20(29)27-14-6-4-13(26)5-7-14/h1-8,16-19H,9-11H2,(H,27,29)/t16-,17-,18-,19+/m1/s1. The lowest BCUT2D eigenvalue weighted by atomic mass is 9.80. The van der Waals surface area contributed by atoms with E-state index < -0.39 is 46.9 Å². The van der Waals surface area contributed by atoms with Crippen LogP contribution in [0.4, 0.5) is 15.8 Å². The van der Waals surface area contributed by atoms with Gasteiger partial charge in [-0.15, -0.1) is 23.2 Å². The molecule has 0 radical (unpaired) electrons. The molecule has 1 heterocycles. The van der Waals surface area contributed by atoms with Gasteiger partial charge in [-0.2, -0.15) is 0 Å². The van der Waals surface area contributed by atoms with Crippen LogP contribution < -0.4 is 10.2 Å². The number of anilines is 2. The summed E-state index contributed by atoms with van der Waals surface area (Å²) in [5, 5.41) is 1.68. The van der Waals surface area contributed by atoms with Gasteiger partial charge in [0, 0.05) is 5.69 Å². The van der Waals surface area contributed by atoms with Crippen LogP contribution in [0.3, 0.4) is 0 Å². The second kappa shape index (κ2) is 9.49. The number of benzene rings is 2. The largest absolute Gasteiger partial charge is 0.452 e. The number of nitrogens with one attached hydrogen (secondary N) is 1. The average Bonchev–Trinajstić information content (AvgIpc) is 3.03. The number of carbonyl (C=O) groups excluding carboxylic acids is 4. The molecule has 0 spiro atoms. The van der Waals surface area contributed by atoms with Crippen LogP contribution in [-0.4, -0.2) is 41.1 Å². The molecule has 1 aliphatic heterocycles. The summed E-state index contributed by atoms with van der Waals surface area (Å²) in [6.07, 6.45) is 0.624. The van der Waals surface area contributed by atoms with E-state index in [4.69, 9.17) is 27.9 Å². The van der Waals surface area contributed by atoms with Crippen molar-refractivity contribution in [3.8, 4) is 0 Å². The molecule has 1 saturated carbocycles. The van der Waals surface area contributed by atoms with Gasteiger partial charge in [-0.3, -0.25) is 19.3 Å². The Morgan fingerprint density at radius 3 is 2.21 bits per heavy atom. The number of nitrogens with zero attached hydrogens (tertiary/aromatic N) is 1. The fourth-order valence-corrected chi connectivity index (χ4v) is 4.66. The molecule has 10 heteroatoms. The Kier molecular flexibility index (Phi) is 6.67. The predicted molar refractivity (Wildman–Crippen MR) is 120 cm³/mol. The first-order valence-electron chi connectivity index (χ1n) is 10.2. The van der Waals surface area contributed by atoms with Crippen LogP contribution >= 0.6 is 23.2 Å². The number of hydrogen-bond donors (Lipinski definition) is 1. The molecule has 4 rings (SSSR count). The maximum Gasteiger partial charge on any atom is 0.338 e. The summed E-state index contributed by atoms with van der Waals surface area (Å²) in [7, 11) is 0. The van der Waals surface area contributed by atoms with Gasteiger partial charge >= 0.3 is 5.97 Å². The number of ether oxygens (including phenoxy) is 1. The van der Waals surface area contributed by atoms with Crippen molar-refractivity contribution in [3.63, 3.8) is 0 Å². The minimum atomic E-state index is -0.802. The highest BCUT2D eigenvalue weighted by Gasteiger charge is 2.52. The molecule has 3 amide bonds. The number of hydrogen-bond acceptors (Lipinski definition) is 5. The van der Waals surface area contributed by atoms with E-state index in [0.29, 0.717) is 18.5 Å². The van der Waals surface area contributed by atoms with Crippen molar-refractivity contribution in [2.45, 2.75) is 23.6 Å². The maximum atomic E-state index is 12.9. The molecule has 1 N–H and O–H groups in total. The number of alkyl halides is 2. The van der Waals surface area contributed by atoms with Gasteiger partial charge in [0.15, 0.2) is 6.61 Å². The van der Waals surface area contributed by atoms with Crippen LogP contribution in [0, 0.1) is 17.7 Å². The zero-order chi connectivity index (χ0) is 23.7. The van der Waals surface area contributed by atoms with Crippen molar-refractivity contribution in [2.75, 3.05) is 16.8 Å². The second-order valence-electron chi connectivity index (χ2n) is 7.91. The third kappa shape index (κ3) is 4.86. The summed E-state index contributed by atoms with van der Waals surface area (Å²) < 4.78 is 18.0. The molecule has 7 nitrogen and oxygen atoms in total. The highest BCUT2D eigenvalue weighted by Crippen LogP contribution is 2.43. The first kappa shape index (κ1) is 23.2. The van der Waals surface area contributed by atoms with Crippen molar-refractivity contribution in [1.82, 2.24) is 0 Å². The molecule has 4 atom stereocenters. The molecule has 0 aromatic heterocycles. The predicted octanol–water partition coefficient (Wildman–Crippen LogP) is 3.74. The molecule has 0 unspecified atom stereocenters. The number of rotatable bonds is 5. The molecular formula is C23H19Cl2FN2O5. The molecule has 1 aliphatic carbocycles. The average molecular weight is 493 g/mol. The Hall–Kier alpha value is -2.97. The van der Waals surface area contributed by atoms with Gasteiger partial charge in [0.25, 0.3) is 5.91 Å². The number of amides is 3. The van der Waals surface area contributed by atoms with E-state index in [1.54, 1.807) is 6.07 Å². The van der Waals surface area contributed by atoms with Crippen LogP contribution in [0.25, 0.3) is 0 Å². The quantitative estimate of drug-likeness (QED) is 0.389. The van der Waals surface area contributed by atoms with Crippen molar-refractivity contribution in [3.05, 3.63) is 59.9 Å². The molecular weight excluding hydrogens is 474 g/mol. The Morgan fingerprint density at radius 2 is 1.61 bits per heavy atom. The fourth-order valence-electron chi connectivity index (χ4n) is 4.07.